The number of hydrogen-bond donors (Lipinski definition) is 1. The van der Waals surface area contributed by atoms with Gasteiger partial charge in [0.2, 0.25) is 0 Å². The molecule has 0 aromatic heterocycles. The standard InChI is InChI=1S/C16H22N3O5P/c1-4-22-25(21,23-5-2)15-10-14(24-19(15)3)16(20)18-13-8-6-7-12(9-13)11-17/h6-9,14-15H,4-5,10H2,1-3H3,(H,18,20)/t14-,15-/m1/s1. The number of hydrogen-bond acceptors (Lipinski definition) is 7. The third-order valence-electron chi connectivity index (χ3n) is 3.67. The van der Waals surface area contributed by atoms with E-state index in [1.807, 2.05) is 6.07 Å². The number of benzene rings is 1. The molecule has 136 valence electrons. The van der Waals surface area contributed by atoms with Gasteiger partial charge in [0.25, 0.3) is 5.91 Å². The van der Waals surface area contributed by atoms with Gasteiger partial charge in [-0.05, 0) is 32.0 Å². The molecule has 0 radical (unpaired) electrons. The Kier molecular flexibility index (Phi) is 6.71. The van der Waals surface area contributed by atoms with Crippen molar-refractivity contribution in [2.24, 2.45) is 0 Å². The summed E-state index contributed by atoms with van der Waals surface area (Å²) in [6.45, 7) is 3.93. The van der Waals surface area contributed by atoms with E-state index in [4.69, 9.17) is 19.1 Å². The number of anilines is 1. The van der Waals surface area contributed by atoms with Gasteiger partial charge in [0.05, 0.1) is 24.8 Å². The average molecular weight is 367 g/mol. The Morgan fingerprint density at radius 3 is 2.72 bits per heavy atom. The van der Waals surface area contributed by atoms with Gasteiger partial charge in [-0.2, -0.15) is 10.3 Å². The largest absolute Gasteiger partial charge is 0.350 e. The molecule has 0 saturated carbocycles. The van der Waals surface area contributed by atoms with Gasteiger partial charge in [-0.1, -0.05) is 6.07 Å². The van der Waals surface area contributed by atoms with Crippen molar-refractivity contribution in [3.63, 3.8) is 0 Å². The van der Waals surface area contributed by atoms with Crippen LogP contribution in [0.3, 0.4) is 0 Å². The van der Waals surface area contributed by atoms with Crippen LogP contribution in [0, 0.1) is 11.3 Å². The van der Waals surface area contributed by atoms with Crippen molar-refractivity contribution in [3.05, 3.63) is 29.8 Å². The lowest BCUT2D eigenvalue weighted by Gasteiger charge is -2.25. The number of nitrogens with one attached hydrogen (secondary N) is 1. The molecule has 1 N–H and O–H groups in total. The highest BCUT2D eigenvalue weighted by molar-refractivity contribution is 7.54. The summed E-state index contributed by atoms with van der Waals surface area (Å²) in [5.74, 6) is -1.04. The fourth-order valence-corrected chi connectivity index (χ4v) is 4.64. The van der Waals surface area contributed by atoms with Gasteiger partial charge in [-0.25, -0.2) is 0 Å². The van der Waals surface area contributed by atoms with E-state index in [0.29, 0.717) is 11.3 Å². The van der Waals surface area contributed by atoms with E-state index in [2.05, 4.69) is 5.32 Å². The molecule has 9 heteroatoms. The second-order valence-corrected chi connectivity index (χ2v) is 7.61. The predicted octanol–water partition coefficient (Wildman–Crippen LogP) is 2.72. The van der Waals surface area contributed by atoms with Crippen LogP contribution in [0.15, 0.2) is 24.3 Å². The van der Waals surface area contributed by atoms with E-state index in [1.54, 1.807) is 45.2 Å². The molecule has 1 aliphatic heterocycles. The van der Waals surface area contributed by atoms with E-state index < -0.39 is 19.5 Å². The van der Waals surface area contributed by atoms with Crippen molar-refractivity contribution in [2.45, 2.75) is 32.2 Å². The third-order valence-corrected chi connectivity index (χ3v) is 6.18. The maximum absolute atomic E-state index is 12.9. The molecule has 1 aliphatic rings. The van der Waals surface area contributed by atoms with Crippen LogP contribution in [-0.2, 0) is 23.2 Å². The van der Waals surface area contributed by atoms with E-state index in [-0.39, 0.29) is 25.5 Å². The Bertz CT molecular complexity index is 695. The van der Waals surface area contributed by atoms with E-state index in [0.717, 1.165) is 0 Å². The first kappa shape index (κ1) is 19.6. The van der Waals surface area contributed by atoms with Crippen LogP contribution in [0.5, 0.6) is 0 Å². The Hall–Kier alpha value is -1.75. The summed E-state index contributed by atoms with van der Waals surface area (Å²) in [5, 5.41) is 13.0. The van der Waals surface area contributed by atoms with Crippen molar-refractivity contribution in [1.29, 1.82) is 5.26 Å². The van der Waals surface area contributed by atoms with Crippen molar-refractivity contribution in [3.8, 4) is 6.07 Å². The summed E-state index contributed by atoms with van der Waals surface area (Å²) in [4.78, 5) is 18.0. The van der Waals surface area contributed by atoms with Crippen LogP contribution < -0.4 is 5.32 Å². The molecule has 1 aromatic carbocycles. The zero-order chi connectivity index (χ0) is 18.4. The second-order valence-electron chi connectivity index (χ2n) is 5.41. The Balaban J connectivity index is 2.08. The lowest BCUT2D eigenvalue weighted by molar-refractivity contribution is -0.155. The SMILES string of the molecule is CCOP(=O)(OCC)[C@@H]1C[C@H](C(=O)Nc2cccc(C#N)c2)ON1C. The molecule has 1 fully saturated rings. The molecule has 1 heterocycles. The van der Waals surface area contributed by atoms with Gasteiger partial charge >= 0.3 is 7.60 Å². The maximum atomic E-state index is 12.9. The maximum Gasteiger partial charge on any atom is 0.350 e. The highest BCUT2D eigenvalue weighted by Gasteiger charge is 2.48. The molecule has 1 saturated heterocycles. The Labute approximate surface area is 147 Å². The van der Waals surface area contributed by atoms with Crippen molar-refractivity contribution >= 4 is 19.2 Å². The number of rotatable bonds is 7. The molecule has 0 spiro atoms. The van der Waals surface area contributed by atoms with Crippen molar-refractivity contribution in [2.75, 3.05) is 25.6 Å². The highest BCUT2D eigenvalue weighted by atomic mass is 31.2. The minimum absolute atomic E-state index is 0.178. The van der Waals surface area contributed by atoms with Crippen LogP contribution >= 0.6 is 7.60 Å². The minimum atomic E-state index is -3.42. The van der Waals surface area contributed by atoms with E-state index in [9.17, 15) is 9.36 Å². The first-order valence-corrected chi connectivity index (χ1v) is 9.64. The molecule has 2 rings (SSSR count). The molecule has 0 bridgehead atoms. The summed E-state index contributed by atoms with van der Waals surface area (Å²) in [5.41, 5.74) is 0.939. The molecular weight excluding hydrogens is 345 g/mol. The van der Waals surface area contributed by atoms with Gasteiger partial charge in [-0.3, -0.25) is 14.2 Å². The molecule has 8 nitrogen and oxygen atoms in total. The Morgan fingerprint density at radius 2 is 2.12 bits per heavy atom. The van der Waals surface area contributed by atoms with Crippen LogP contribution in [0.1, 0.15) is 25.8 Å². The molecule has 0 unspecified atom stereocenters. The van der Waals surface area contributed by atoms with E-state index >= 15 is 0 Å². The lowest BCUT2D eigenvalue weighted by atomic mass is 10.2. The Morgan fingerprint density at radius 1 is 1.44 bits per heavy atom. The van der Waals surface area contributed by atoms with Gasteiger partial charge < -0.3 is 14.4 Å². The van der Waals surface area contributed by atoms with Crippen LogP contribution in [0.25, 0.3) is 0 Å². The van der Waals surface area contributed by atoms with Gasteiger partial charge in [0, 0.05) is 19.2 Å². The first-order chi connectivity index (χ1) is 11.9. The quantitative estimate of drug-likeness (QED) is 0.740. The highest BCUT2D eigenvalue weighted by Crippen LogP contribution is 2.57. The van der Waals surface area contributed by atoms with Crippen molar-refractivity contribution in [1.82, 2.24) is 5.06 Å². The normalized spacial score (nSPS) is 21.0. The minimum Gasteiger partial charge on any atom is -0.324 e. The number of carbonyl (C=O) groups excluding carboxylic acids is 1. The smallest absolute Gasteiger partial charge is 0.324 e. The lowest BCUT2D eigenvalue weighted by Crippen LogP contribution is -2.28. The first-order valence-electron chi connectivity index (χ1n) is 8.03. The predicted molar refractivity (Wildman–Crippen MR) is 91.7 cm³/mol. The number of hydroxylamine groups is 2. The summed E-state index contributed by atoms with van der Waals surface area (Å²) < 4.78 is 23.6. The zero-order valence-corrected chi connectivity index (χ0v) is 15.4. The number of carbonyl (C=O) groups is 1. The van der Waals surface area contributed by atoms with Crippen LogP contribution in [0.2, 0.25) is 0 Å². The molecule has 0 aliphatic carbocycles. The molecule has 1 amide bonds. The number of amides is 1. The van der Waals surface area contributed by atoms with E-state index in [1.165, 1.54) is 5.06 Å². The number of nitriles is 1. The summed E-state index contributed by atoms with van der Waals surface area (Å²) in [6, 6.07) is 8.58. The van der Waals surface area contributed by atoms with Gasteiger partial charge in [-0.15, -0.1) is 0 Å². The molecular formula is C16H22N3O5P. The summed E-state index contributed by atoms with van der Waals surface area (Å²) in [7, 11) is -1.82. The van der Waals surface area contributed by atoms with Gasteiger partial charge in [0.1, 0.15) is 5.78 Å². The topological polar surface area (TPSA) is 101 Å². The summed E-state index contributed by atoms with van der Waals surface area (Å²) in [6.07, 6.45) is -0.646. The second kappa shape index (κ2) is 8.56. The van der Waals surface area contributed by atoms with Crippen LogP contribution in [-0.4, -0.2) is 43.1 Å². The summed E-state index contributed by atoms with van der Waals surface area (Å²) >= 11 is 0. The monoisotopic (exact) mass is 367 g/mol. The van der Waals surface area contributed by atoms with Crippen LogP contribution in [0.4, 0.5) is 5.69 Å². The zero-order valence-electron chi connectivity index (χ0n) is 14.5. The fraction of sp³-hybridized carbons (Fsp3) is 0.500. The third kappa shape index (κ3) is 4.66. The average Bonchev–Trinajstić information content (AvgIpc) is 2.98. The molecule has 25 heavy (non-hydrogen) atoms. The fourth-order valence-electron chi connectivity index (χ4n) is 2.60. The molecule has 2 atom stereocenters. The van der Waals surface area contributed by atoms with Crippen molar-refractivity contribution < 1.29 is 23.2 Å². The molecule has 1 aromatic rings. The van der Waals surface area contributed by atoms with Gasteiger partial charge in [0.15, 0.2) is 6.10 Å². The number of nitrogens with zero attached hydrogens (tertiary/aromatic N) is 2.